The van der Waals surface area contributed by atoms with Crippen molar-refractivity contribution >= 4 is 52.7 Å². The van der Waals surface area contributed by atoms with Crippen LogP contribution in [0.4, 0.5) is 4.79 Å². The van der Waals surface area contributed by atoms with Crippen molar-refractivity contribution in [1.29, 1.82) is 0 Å². The second-order valence-corrected chi connectivity index (χ2v) is 14.3. The lowest BCUT2D eigenvalue weighted by atomic mass is 9.85. The van der Waals surface area contributed by atoms with Gasteiger partial charge >= 0.3 is 6.09 Å². The number of amides is 4. The van der Waals surface area contributed by atoms with Gasteiger partial charge in [-0.3, -0.25) is 29.5 Å². The fraction of sp³-hybridized carbons (Fsp3) is 0.588. The summed E-state index contributed by atoms with van der Waals surface area (Å²) in [5, 5.41) is 8.59. The summed E-state index contributed by atoms with van der Waals surface area (Å²) in [6.07, 6.45) is 3.94. The quantitative estimate of drug-likeness (QED) is 0.169. The molecule has 2 aliphatic heterocycles. The number of ether oxygens (including phenoxy) is 1. The molecular formula is C34H46ClN5O8. The van der Waals surface area contributed by atoms with Gasteiger partial charge in [0.15, 0.2) is 0 Å². The van der Waals surface area contributed by atoms with Gasteiger partial charge in [0.1, 0.15) is 23.5 Å². The number of halogens is 1. The third-order valence-electron chi connectivity index (χ3n) is 8.47. The van der Waals surface area contributed by atoms with E-state index in [0.29, 0.717) is 23.6 Å². The number of Topliss-reactive ketones (excluding diaryl/α,β-unsaturated/α-hetero) is 2. The lowest BCUT2D eigenvalue weighted by molar-refractivity contribution is -0.144. The Bertz CT molecular complexity index is 1450. The van der Waals surface area contributed by atoms with Gasteiger partial charge in [0.2, 0.25) is 17.6 Å². The molecule has 0 unspecified atom stereocenters. The summed E-state index contributed by atoms with van der Waals surface area (Å²) in [5.74, 6) is -2.71. The van der Waals surface area contributed by atoms with Gasteiger partial charge < -0.3 is 30.4 Å². The molecule has 1 saturated heterocycles. The van der Waals surface area contributed by atoms with E-state index in [4.69, 9.17) is 21.2 Å². The Morgan fingerprint density at radius 2 is 1.88 bits per heavy atom. The number of alkyl carbamates (subject to hydrolysis) is 1. The fourth-order valence-electron chi connectivity index (χ4n) is 5.75. The molecule has 1 spiro atoms. The van der Waals surface area contributed by atoms with Gasteiger partial charge in [-0.15, -0.1) is 0 Å². The van der Waals surface area contributed by atoms with E-state index >= 15 is 0 Å². The highest BCUT2D eigenvalue weighted by Gasteiger charge is 2.54. The van der Waals surface area contributed by atoms with E-state index in [0.717, 1.165) is 18.4 Å². The van der Waals surface area contributed by atoms with Crippen LogP contribution in [-0.2, 0) is 33.5 Å². The molecule has 48 heavy (non-hydrogen) atoms. The van der Waals surface area contributed by atoms with Gasteiger partial charge in [-0.2, -0.15) is 0 Å². The number of likely N-dealkylation sites (tertiary alicyclic amines) is 1. The van der Waals surface area contributed by atoms with E-state index in [1.807, 2.05) is 13.0 Å². The first-order valence-electron chi connectivity index (χ1n) is 16.4. The zero-order valence-electron chi connectivity index (χ0n) is 28.2. The molecule has 1 aromatic rings. The van der Waals surface area contributed by atoms with Crippen molar-refractivity contribution in [3.05, 3.63) is 40.9 Å². The number of benzene rings is 1. The van der Waals surface area contributed by atoms with Gasteiger partial charge in [0.25, 0.3) is 5.91 Å². The molecule has 262 valence electrons. The van der Waals surface area contributed by atoms with E-state index in [1.165, 1.54) is 11.8 Å². The molecule has 3 aliphatic rings. The summed E-state index contributed by atoms with van der Waals surface area (Å²) >= 11 is 6.21. The minimum atomic E-state index is -1.14. The Hall–Kier alpha value is -3.97. The number of hydrogen-bond acceptors (Lipinski definition) is 9. The van der Waals surface area contributed by atoms with Gasteiger partial charge in [0, 0.05) is 29.5 Å². The van der Waals surface area contributed by atoms with Crippen molar-refractivity contribution in [3.8, 4) is 0 Å². The predicted octanol–water partition coefficient (Wildman–Crippen LogP) is 3.20. The summed E-state index contributed by atoms with van der Waals surface area (Å²) in [6.45, 7) is 8.53. The van der Waals surface area contributed by atoms with Crippen LogP contribution in [0.2, 0.25) is 5.02 Å². The first kappa shape index (κ1) is 36.9. The third kappa shape index (κ3) is 9.56. The molecule has 0 aromatic heterocycles. The number of hydrogen-bond donors (Lipinski definition) is 4. The molecule has 4 N–H and O–H groups in total. The van der Waals surface area contributed by atoms with E-state index in [2.05, 4.69) is 21.4 Å². The van der Waals surface area contributed by atoms with Gasteiger partial charge in [-0.05, 0) is 56.2 Å². The number of hydroxylamine groups is 1. The number of nitrogens with one attached hydrogen (secondary N) is 4. The number of nitrogens with zero attached hydrogens (tertiary/aromatic N) is 1. The molecule has 0 bridgehead atoms. The van der Waals surface area contributed by atoms with Gasteiger partial charge in [-0.1, -0.05) is 57.8 Å². The van der Waals surface area contributed by atoms with E-state index < -0.39 is 58.7 Å². The Kier molecular flexibility index (Phi) is 11.9. The van der Waals surface area contributed by atoms with Crippen LogP contribution in [0.1, 0.15) is 85.1 Å². The molecule has 4 atom stereocenters. The highest BCUT2D eigenvalue weighted by atomic mass is 35.5. The lowest BCUT2D eigenvalue weighted by Gasteiger charge is -2.35. The molecule has 1 aromatic carbocycles. The SMILES string of the molecule is CCC[C@H](NC(=O)[C@@H]1C[C@]2(C=C(c3cccc(Cl)c3)NO2)CN1C(=O)[C@@H](NC(=O)OCCCC(C)=O)C(C)(C)C)C(=O)C(=O)NC1CC1. The van der Waals surface area contributed by atoms with Crippen molar-refractivity contribution in [2.75, 3.05) is 13.2 Å². The molecule has 1 saturated carbocycles. The smallest absolute Gasteiger partial charge is 0.407 e. The average molecular weight is 688 g/mol. The molecule has 2 heterocycles. The second kappa shape index (κ2) is 15.5. The molecule has 2 fully saturated rings. The Labute approximate surface area is 285 Å². The van der Waals surface area contributed by atoms with Crippen LogP contribution in [0.25, 0.3) is 5.70 Å². The highest BCUT2D eigenvalue weighted by molar-refractivity contribution is 6.38. The molecule has 4 rings (SSSR count). The maximum atomic E-state index is 14.4. The summed E-state index contributed by atoms with van der Waals surface area (Å²) in [7, 11) is 0. The van der Waals surface area contributed by atoms with Crippen LogP contribution in [0.3, 0.4) is 0 Å². The van der Waals surface area contributed by atoms with Crippen molar-refractivity contribution in [2.45, 2.75) is 109 Å². The first-order chi connectivity index (χ1) is 22.6. The number of rotatable bonds is 14. The monoisotopic (exact) mass is 687 g/mol. The maximum absolute atomic E-state index is 14.4. The largest absolute Gasteiger partial charge is 0.450 e. The third-order valence-corrected chi connectivity index (χ3v) is 8.71. The van der Waals surface area contributed by atoms with Crippen LogP contribution < -0.4 is 21.4 Å². The van der Waals surface area contributed by atoms with Crippen molar-refractivity contribution in [2.24, 2.45) is 5.41 Å². The Morgan fingerprint density at radius 1 is 1.15 bits per heavy atom. The average Bonchev–Trinajstić information content (AvgIpc) is 3.61. The predicted molar refractivity (Wildman–Crippen MR) is 177 cm³/mol. The van der Waals surface area contributed by atoms with E-state index in [9.17, 15) is 28.8 Å². The fourth-order valence-corrected chi connectivity index (χ4v) is 5.94. The van der Waals surface area contributed by atoms with Gasteiger partial charge in [-0.25, -0.2) is 4.79 Å². The van der Waals surface area contributed by atoms with Crippen LogP contribution >= 0.6 is 11.6 Å². The topological polar surface area (TPSA) is 172 Å². The molecule has 1 aliphatic carbocycles. The van der Waals surface area contributed by atoms with Crippen molar-refractivity contribution < 1.29 is 38.3 Å². The summed E-state index contributed by atoms with van der Waals surface area (Å²) in [4.78, 5) is 85.6. The second-order valence-electron chi connectivity index (χ2n) is 13.9. The van der Waals surface area contributed by atoms with E-state index in [1.54, 1.807) is 45.0 Å². The number of carbonyl (C=O) groups is 6. The zero-order chi connectivity index (χ0) is 35.2. The maximum Gasteiger partial charge on any atom is 0.407 e. The standard InChI is InChI=1S/C34H46ClN5O8/c1-6-9-24(27(42)30(44)36-23-13-14-23)37-29(43)26-18-34(17-25(39-48-34)21-11-7-12-22(35)16-21)19-40(26)31(45)28(33(3,4)5)38-32(46)47-15-8-10-20(2)41/h7,11-12,16-17,23-24,26,28,39H,6,8-10,13-15,18-19H2,1-5H3,(H,36,44)(H,37,43)(H,38,46)/t24-,26-,28+,34+/m0/s1. The first-order valence-corrected chi connectivity index (χ1v) is 16.8. The molecule has 0 radical (unpaired) electrons. The lowest BCUT2D eigenvalue weighted by Crippen LogP contribution is -2.59. The number of carbonyl (C=O) groups excluding carboxylic acids is 6. The zero-order valence-corrected chi connectivity index (χ0v) is 28.9. The summed E-state index contributed by atoms with van der Waals surface area (Å²) in [6, 6.07) is 3.76. The molecule has 13 nitrogen and oxygen atoms in total. The molecule has 14 heteroatoms. The Morgan fingerprint density at radius 3 is 2.50 bits per heavy atom. The van der Waals surface area contributed by atoms with Crippen LogP contribution in [0.5, 0.6) is 0 Å². The number of ketones is 2. The molecular weight excluding hydrogens is 642 g/mol. The summed E-state index contributed by atoms with van der Waals surface area (Å²) < 4.78 is 5.25. The van der Waals surface area contributed by atoms with Crippen molar-refractivity contribution in [3.63, 3.8) is 0 Å². The summed E-state index contributed by atoms with van der Waals surface area (Å²) in [5.41, 5.74) is 2.29. The highest BCUT2D eigenvalue weighted by Crippen LogP contribution is 2.39. The van der Waals surface area contributed by atoms with Crippen LogP contribution in [-0.4, -0.2) is 83.2 Å². The van der Waals surface area contributed by atoms with E-state index in [-0.39, 0.29) is 44.2 Å². The van der Waals surface area contributed by atoms with Crippen molar-refractivity contribution in [1.82, 2.24) is 26.3 Å². The minimum absolute atomic E-state index is 0.00786. The molecule has 4 amide bonds. The van der Waals surface area contributed by atoms with Gasteiger partial charge in [0.05, 0.1) is 24.9 Å². The Balaban J connectivity index is 1.60. The van der Waals surface area contributed by atoms with Crippen LogP contribution in [0.15, 0.2) is 30.3 Å². The minimum Gasteiger partial charge on any atom is -0.450 e. The normalized spacial score (nSPS) is 21.5. The van der Waals surface area contributed by atoms with Crippen LogP contribution in [0, 0.1) is 5.41 Å².